The summed E-state index contributed by atoms with van der Waals surface area (Å²) in [4.78, 5) is 11.3. The fourth-order valence-corrected chi connectivity index (χ4v) is 4.47. The molecule has 132 valence electrons. The molecule has 4 rings (SSSR count). The lowest BCUT2D eigenvalue weighted by Crippen LogP contribution is -2.30. The third-order valence-electron chi connectivity index (χ3n) is 4.41. The van der Waals surface area contributed by atoms with Crippen LogP contribution in [0.3, 0.4) is 0 Å². The number of fused-ring (bicyclic) bond motifs is 1. The molecule has 0 atom stereocenters. The molecule has 3 heterocycles. The fourth-order valence-electron chi connectivity index (χ4n) is 3.30. The van der Waals surface area contributed by atoms with Crippen LogP contribution in [0.1, 0.15) is 18.5 Å². The van der Waals surface area contributed by atoms with Crippen molar-refractivity contribution in [2.24, 2.45) is 0 Å². The third-order valence-corrected chi connectivity index (χ3v) is 5.78. The molecule has 1 fully saturated rings. The summed E-state index contributed by atoms with van der Waals surface area (Å²) in [5.41, 5.74) is 1.54. The molecule has 2 aromatic rings. The van der Waals surface area contributed by atoms with Crippen LogP contribution in [0.25, 0.3) is 11.1 Å². The Hall–Kier alpha value is -2.62. The smallest absolute Gasteiger partial charge is 0.326 e. The molecule has 1 saturated heterocycles. The number of carbonyl (C=O) groups is 1. The molecule has 0 unspecified atom stereocenters. The van der Waals surface area contributed by atoms with Crippen molar-refractivity contribution in [2.75, 3.05) is 10.8 Å². The van der Waals surface area contributed by atoms with Crippen LogP contribution in [0.5, 0.6) is 5.75 Å². The number of halogens is 1. The zero-order valence-corrected chi connectivity index (χ0v) is 13.9. The lowest BCUT2D eigenvalue weighted by molar-refractivity contribution is -0.117. The fraction of sp³-hybridized carbons (Fsp3) is 0.333. The minimum Gasteiger partial charge on any atom is -0.506 e. The highest BCUT2D eigenvalue weighted by Crippen LogP contribution is 2.38. The number of benzene rings is 1. The summed E-state index contributed by atoms with van der Waals surface area (Å²) in [5.74, 6) is -2.26. The number of phenols is 1. The maximum absolute atomic E-state index is 14.6. The highest BCUT2D eigenvalue weighted by atomic mass is 32.2. The van der Waals surface area contributed by atoms with Gasteiger partial charge in [-0.25, -0.2) is 13.4 Å². The Morgan fingerprint density at radius 3 is 2.76 bits per heavy atom. The van der Waals surface area contributed by atoms with Crippen LogP contribution in [0, 0.1) is 5.82 Å². The van der Waals surface area contributed by atoms with Crippen molar-refractivity contribution in [1.82, 2.24) is 14.5 Å². The molecule has 1 aromatic carbocycles. The van der Waals surface area contributed by atoms with E-state index in [9.17, 15) is 22.7 Å². The molecular formula is C15H15FN4O4S. The van der Waals surface area contributed by atoms with Gasteiger partial charge in [0.1, 0.15) is 18.0 Å². The maximum Gasteiger partial charge on any atom is 0.326 e. The van der Waals surface area contributed by atoms with Crippen molar-refractivity contribution in [2.45, 2.75) is 25.8 Å². The molecule has 25 heavy (non-hydrogen) atoms. The molecule has 2 aliphatic heterocycles. The van der Waals surface area contributed by atoms with E-state index < -0.39 is 39.9 Å². The number of hydrogen-bond donors (Lipinski definition) is 2. The predicted octanol–water partition coefficient (Wildman–Crippen LogP) is 0.912. The Bertz CT molecular complexity index is 962. The van der Waals surface area contributed by atoms with Gasteiger partial charge in [-0.2, -0.15) is 13.5 Å². The Morgan fingerprint density at radius 1 is 1.28 bits per heavy atom. The van der Waals surface area contributed by atoms with Crippen LogP contribution in [0.2, 0.25) is 0 Å². The van der Waals surface area contributed by atoms with E-state index in [2.05, 4.69) is 5.10 Å². The standard InChI is InChI=1S/C15H15FN4O4S/c16-11-5-9(10-7-17-19-4-2-1-3-12(10)19)6-13(21)15(11)20-8-14(22)18-25(20,23)24/h5-7,21H,1-4,8H2,(H,18,22). The Kier molecular flexibility index (Phi) is 3.46. The number of phenolic OH excluding ortho intramolecular Hbond substituents is 1. The van der Waals surface area contributed by atoms with E-state index in [1.807, 2.05) is 4.68 Å². The van der Waals surface area contributed by atoms with Crippen molar-refractivity contribution >= 4 is 21.8 Å². The lowest BCUT2D eigenvalue weighted by atomic mass is 10.0. The van der Waals surface area contributed by atoms with Crippen LogP contribution >= 0.6 is 0 Å². The molecule has 0 spiro atoms. The second-order valence-corrected chi connectivity index (χ2v) is 7.64. The molecule has 0 bridgehead atoms. The van der Waals surface area contributed by atoms with E-state index in [0.29, 0.717) is 15.4 Å². The molecular weight excluding hydrogens is 351 g/mol. The number of aryl methyl sites for hydroxylation is 1. The van der Waals surface area contributed by atoms with Gasteiger partial charge in [0, 0.05) is 17.8 Å². The number of nitrogens with one attached hydrogen (secondary N) is 1. The maximum atomic E-state index is 14.6. The Morgan fingerprint density at radius 2 is 2.08 bits per heavy atom. The second-order valence-electron chi connectivity index (χ2n) is 6.05. The van der Waals surface area contributed by atoms with Crippen LogP contribution < -0.4 is 9.03 Å². The lowest BCUT2D eigenvalue weighted by Gasteiger charge is -2.18. The van der Waals surface area contributed by atoms with E-state index in [0.717, 1.165) is 37.6 Å². The number of carbonyl (C=O) groups excluding carboxylic acids is 1. The Balaban J connectivity index is 1.80. The monoisotopic (exact) mass is 366 g/mol. The summed E-state index contributed by atoms with van der Waals surface area (Å²) >= 11 is 0. The number of rotatable bonds is 2. The summed E-state index contributed by atoms with van der Waals surface area (Å²) in [6, 6.07) is 2.45. The second kappa shape index (κ2) is 5.45. The van der Waals surface area contributed by atoms with Gasteiger partial charge in [-0.1, -0.05) is 0 Å². The first-order chi connectivity index (χ1) is 11.9. The van der Waals surface area contributed by atoms with Gasteiger partial charge in [0.2, 0.25) is 0 Å². The normalized spacial score (nSPS) is 18.9. The van der Waals surface area contributed by atoms with Gasteiger partial charge in [0.15, 0.2) is 5.82 Å². The minimum atomic E-state index is -4.20. The topological polar surface area (TPSA) is 105 Å². The van der Waals surface area contributed by atoms with Gasteiger partial charge in [0.25, 0.3) is 5.91 Å². The summed E-state index contributed by atoms with van der Waals surface area (Å²) in [5, 5.41) is 14.5. The first-order valence-electron chi connectivity index (χ1n) is 7.78. The predicted molar refractivity (Wildman–Crippen MR) is 86.6 cm³/mol. The number of aromatic hydroxyl groups is 1. The molecule has 0 radical (unpaired) electrons. The Labute approximate surface area is 143 Å². The molecule has 2 N–H and O–H groups in total. The van der Waals surface area contributed by atoms with Crippen molar-refractivity contribution in [3.8, 4) is 16.9 Å². The molecule has 1 aromatic heterocycles. The summed E-state index contributed by atoms with van der Waals surface area (Å²) in [7, 11) is -4.20. The highest BCUT2D eigenvalue weighted by Gasteiger charge is 2.37. The third kappa shape index (κ3) is 2.53. The molecule has 0 saturated carbocycles. The number of hydrogen-bond acceptors (Lipinski definition) is 5. The quantitative estimate of drug-likeness (QED) is 0.822. The van der Waals surface area contributed by atoms with Crippen LogP contribution in [-0.2, 0) is 28.0 Å². The van der Waals surface area contributed by atoms with Gasteiger partial charge in [-0.15, -0.1) is 0 Å². The van der Waals surface area contributed by atoms with Crippen LogP contribution in [-0.4, -0.2) is 35.8 Å². The van der Waals surface area contributed by atoms with Gasteiger partial charge < -0.3 is 5.11 Å². The van der Waals surface area contributed by atoms with Crippen molar-refractivity contribution in [3.63, 3.8) is 0 Å². The molecule has 8 nitrogen and oxygen atoms in total. The van der Waals surface area contributed by atoms with Gasteiger partial charge in [0.05, 0.1) is 6.20 Å². The zero-order chi connectivity index (χ0) is 17.8. The first-order valence-corrected chi connectivity index (χ1v) is 9.22. The number of anilines is 1. The van der Waals surface area contributed by atoms with Gasteiger partial charge in [-0.3, -0.25) is 9.48 Å². The van der Waals surface area contributed by atoms with E-state index >= 15 is 0 Å². The SMILES string of the molecule is O=C1CN(c2c(O)cc(-c3cnn4c3CCCC4)cc2F)S(=O)(=O)N1. The van der Waals surface area contributed by atoms with Crippen molar-refractivity contribution in [3.05, 3.63) is 29.8 Å². The largest absolute Gasteiger partial charge is 0.506 e. The highest BCUT2D eigenvalue weighted by molar-refractivity contribution is 7.92. The minimum absolute atomic E-state index is 0.415. The van der Waals surface area contributed by atoms with Crippen LogP contribution in [0.15, 0.2) is 18.3 Å². The molecule has 10 heteroatoms. The average molecular weight is 366 g/mol. The van der Waals surface area contributed by atoms with Crippen molar-refractivity contribution in [1.29, 1.82) is 0 Å². The van der Waals surface area contributed by atoms with E-state index in [-0.39, 0.29) is 0 Å². The number of nitrogens with zero attached hydrogens (tertiary/aromatic N) is 3. The van der Waals surface area contributed by atoms with E-state index in [4.69, 9.17) is 0 Å². The summed E-state index contributed by atoms with van der Waals surface area (Å²) < 4.78 is 42.5. The van der Waals surface area contributed by atoms with E-state index in [1.54, 1.807) is 10.9 Å². The van der Waals surface area contributed by atoms with Gasteiger partial charge in [-0.05, 0) is 37.0 Å². The molecule has 0 aliphatic carbocycles. The van der Waals surface area contributed by atoms with E-state index in [1.165, 1.54) is 6.07 Å². The summed E-state index contributed by atoms with van der Waals surface area (Å²) in [6.07, 6.45) is 4.45. The molecule has 2 aliphatic rings. The van der Waals surface area contributed by atoms with Crippen molar-refractivity contribution < 1.29 is 22.7 Å². The number of aromatic nitrogens is 2. The summed E-state index contributed by atoms with van der Waals surface area (Å²) in [6.45, 7) is 0.219. The zero-order valence-electron chi connectivity index (χ0n) is 13.1. The van der Waals surface area contributed by atoms with Crippen LogP contribution in [0.4, 0.5) is 10.1 Å². The molecule has 1 amide bonds. The number of amides is 1. The first kappa shape index (κ1) is 15.9. The van der Waals surface area contributed by atoms with Gasteiger partial charge >= 0.3 is 10.2 Å². The average Bonchev–Trinajstić information content (AvgIpc) is 3.07.